The number of carbonyl (C=O) groups excluding carboxylic acids is 1. The molecule has 0 fully saturated rings. The van der Waals surface area contributed by atoms with Crippen LogP contribution < -0.4 is 5.32 Å². The number of carbonyl (C=O) groups is 1. The third kappa shape index (κ3) is 11.9. The van der Waals surface area contributed by atoms with E-state index in [0.29, 0.717) is 13.0 Å². The monoisotopic (exact) mass is 336 g/mol. The topological polar surface area (TPSA) is 86.3 Å². The van der Waals surface area contributed by atoms with Crippen molar-refractivity contribution in [2.75, 3.05) is 39.5 Å². The van der Waals surface area contributed by atoms with E-state index < -0.39 is 10.1 Å². The molecule has 132 valence electrons. The van der Waals surface area contributed by atoms with Crippen molar-refractivity contribution in [2.24, 2.45) is 5.92 Å². The fraction of sp³-hybridized carbons (Fsp3) is 0.933. The number of hydrogen-bond donors (Lipinski definition) is 1. The van der Waals surface area contributed by atoms with E-state index in [1.807, 2.05) is 13.8 Å². The molecule has 0 spiro atoms. The highest BCUT2D eigenvalue weighted by molar-refractivity contribution is 7.85. The van der Waals surface area contributed by atoms with Gasteiger partial charge in [0.25, 0.3) is 0 Å². The van der Waals surface area contributed by atoms with Crippen molar-refractivity contribution in [3.05, 3.63) is 0 Å². The van der Waals surface area contributed by atoms with Crippen LogP contribution in [0, 0.1) is 5.92 Å². The molecule has 0 heterocycles. The van der Waals surface area contributed by atoms with Crippen molar-refractivity contribution in [3.8, 4) is 0 Å². The van der Waals surface area contributed by atoms with Gasteiger partial charge < -0.3 is 14.4 Å². The molecule has 1 unspecified atom stereocenters. The Balaban J connectivity index is 3.75. The fourth-order valence-corrected chi connectivity index (χ4v) is 2.74. The van der Waals surface area contributed by atoms with E-state index in [1.165, 1.54) is 0 Å². The van der Waals surface area contributed by atoms with Crippen molar-refractivity contribution >= 4 is 16.0 Å². The number of quaternary nitrogens is 1. The highest BCUT2D eigenvalue weighted by Gasteiger charge is 2.15. The number of rotatable bonds is 12. The maximum atomic E-state index is 11.6. The van der Waals surface area contributed by atoms with Gasteiger partial charge >= 0.3 is 0 Å². The second-order valence-electron chi connectivity index (χ2n) is 6.66. The maximum absolute atomic E-state index is 11.6. The van der Waals surface area contributed by atoms with Crippen LogP contribution in [-0.2, 0) is 14.9 Å². The Bertz CT molecular complexity index is 421. The molecule has 0 aliphatic rings. The zero-order valence-electron chi connectivity index (χ0n) is 14.4. The summed E-state index contributed by atoms with van der Waals surface area (Å²) in [4.78, 5) is 11.6. The van der Waals surface area contributed by atoms with E-state index in [-0.39, 0.29) is 17.6 Å². The molecule has 0 radical (unpaired) electrons. The summed E-state index contributed by atoms with van der Waals surface area (Å²) in [6, 6.07) is 0. The van der Waals surface area contributed by atoms with Crippen LogP contribution >= 0.6 is 0 Å². The average Bonchev–Trinajstić information content (AvgIpc) is 2.40. The molecule has 0 aromatic carbocycles. The third-order valence-corrected chi connectivity index (χ3v) is 4.75. The normalized spacial score (nSPS) is 13.9. The Morgan fingerprint density at radius 2 is 1.73 bits per heavy atom. The zero-order valence-corrected chi connectivity index (χ0v) is 15.2. The first-order valence-electron chi connectivity index (χ1n) is 8.10. The van der Waals surface area contributed by atoms with E-state index in [1.54, 1.807) is 0 Å². The molecule has 0 aliphatic carbocycles. The van der Waals surface area contributed by atoms with Crippen LogP contribution in [0.1, 0.15) is 46.0 Å². The predicted octanol–water partition coefficient (Wildman–Crippen LogP) is 1.33. The van der Waals surface area contributed by atoms with Gasteiger partial charge in [-0.3, -0.25) is 4.79 Å². The third-order valence-electron chi connectivity index (χ3n) is 3.96. The minimum absolute atomic E-state index is 0.0693. The Hall–Kier alpha value is -0.660. The standard InChI is InChI=1S/C15H32N2O4S/c1-5-14(2)15(18)16-10-9-12-17(3,4)11-7-6-8-13-22(19,20)21/h14H,5-13H2,1-4H3,(H-,16,18,19,20,21). The first-order valence-corrected chi connectivity index (χ1v) is 9.68. The largest absolute Gasteiger partial charge is 0.748 e. The smallest absolute Gasteiger partial charge is 0.222 e. The molecular formula is C15H32N2O4S. The number of nitrogens with one attached hydrogen (secondary N) is 1. The lowest BCUT2D eigenvalue weighted by molar-refractivity contribution is -0.890. The Morgan fingerprint density at radius 1 is 1.14 bits per heavy atom. The van der Waals surface area contributed by atoms with Crippen molar-refractivity contribution in [1.29, 1.82) is 0 Å². The molecule has 0 bridgehead atoms. The Kier molecular flexibility index (Phi) is 9.87. The van der Waals surface area contributed by atoms with Gasteiger partial charge in [0.15, 0.2) is 0 Å². The summed E-state index contributed by atoms with van der Waals surface area (Å²) in [5.41, 5.74) is 0. The van der Waals surface area contributed by atoms with Gasteiger partial charge in [0.1, 0.15) is 0 Å². The molecule has 1 N–H and O–H groups in total. The summed E-state index contributed by atoms with van der Waals surface area (Å²) in [7, 11) is 0.181. The SMILES string of the molecule is CCC(C)C(=O)NCCC[N+](C)(C)CCCCCS(=O)(=O)[O-]. The van der Waals surface area contributed by atoms with Crippen molar-refractivity contribution in [3.63, 3.8) is 0 Å². The van der Waals surface area contributed by atoms with Gasteiger partial charge in [0, 0.05) is 24.6 Å². The van der Waals surface area contributed by atoms with Crippen molar-refractivity contribution in [2.45, 2.75) is 46.0 Å². The van der Waals surface area contributed by atoms with Crippen molar-refractivity contribution in [1.82, 2.24) is 5.32 Å². The number of amides is 1. The summed E-state index contributed by atoms with van der Waals surface area (Å²) >= 11 is 0. The fourth-order valence-electron chi connectivity index (χ4n) is 2.19. The second-order valence-corrected chi connectivity index (χ2v) is 8.18. The first kappa shape index (κ1) is 21.3. The highest BCUT2D eigenvalue weighted by atomic mass is 32.2. The van der Waals surface area contributed by atoms with Gasteiger partial charge in [-0.25, -0.2) is 8.42 Å². The lowest BCUT2D eigenvalue weighted by atomic mass is 10.1. The molecule has 0 aromatic heterocycles. The van der Waals surface area contributed by atoms with Crippen LogP contribution in [0.5, 0.6) is 0 Å². The first-order chi connectivity index (χ1) is 10.1. The molecule has 0 saturated heterocycles. The van der Waals surface area contributed by atoms with E-state index >= 15 is 0 Å². The van der Waals surface area contributed by atoms with Crippen LogP contribution in [0.25, 0.3) is 0 Å². The summed E-state index contributed by atoms with van der Waals surface area (Å²) in [6.45, 7) is 6.53. The molecule has 7 heteroatoms. The summed E-state index contributed by atoms with van der Waals surface area (Å²) < 4.78 is 32.3. The van der Waals surface area contributed by atoms with Gasteiger partial charge in [-0.05, 0) is 25.7 Å². The minimum atomic E-state index is -4.07. The summed E-state index contributed by atoms with van der Waals surface area (Å²) in [5.74, 6) is -0.0753. The molecule has 0 aromatic rings. The van der Waals surface area contributed by atoms with E-state index in [4.69, 9.17) is 0 Å². The Morgan fingerprint density at radius 3 is 2.27 bits per heavy atom. The van der Waals surface area contributed by atoms with Crippen LogP contribution in [0.15, 0.2) is 0 Å². The lowest BCUT2D eigenvalue weighted by Gasteiger charge is -2.30. The lowest BCUT2D eigenvalue weighted by Crippen LogP contribution is -2.42. The second kappa shape index (κ2) is 10.2. The zero-order chi connectivity index (χ0) is 17.2. The molecule has 0 aliphatic heterocycles. The molecule has 1 amide bonds. The average molecular weight is 336 g/mol. The van der Waals surface area contributed by atoms with Crippen LogP contribution in [0.2, 0.25) is 0 Å². The molecule has 6 nitrogen and oxygen atoms in total. The van der Waals surface area contributed by atoms with E-state index in [0.717, 1.165) is 43.3 Å². The molecule has 0 rings (SSSR count). The summed E-state index contributed by atoms with van der Waals surface area (Å²) in [6.07, 6.45) is 3.88. The van der Waals surface area contributed by atoms with Crippen LogP contribution in [0.3, 0.4) is 0 Å². The highest BCUT2D eigenvalue weighted by Crippen LogP contribution is 2.06. The summed E-state index contributed by atoms with van der Waals surface area (Å²) in [5, 5.41) is 2.95. The van der Waals surface area contributed by atoms with E-state index in [9.17, 15) is 17.8 Å². The number of hydrogen-bond acceptors (Lipinski definition) is 4. The number of unbranched alkanes of at least 4 members (excludes halogenated alkanes) is 2. The minimum Gasteiger partial charge on any atom is -0.748 e. The predicted molar refractivity (Wildman–Crippen MR) is 87.3 cm³/mol. The molecule has 1 atom stereocenters. The molecule has 0 saturated carbocycles. The molecule has 22 heavy (non-hydrogen) atoms. The van der Waals surface area contributed by atoms with Gasteiger partial charge in [0.05, 0.1) is 37.3 Å². The van der Waals surface area contributed by atoms with Gasteiger partial charge in [-0.1, -0.05) is 13.8 Å². The van der Waals surface area contributed by atoms with Gasteiger partial charge in [0.2, 0.25) is 5.91 Å². The maximum Gasteiger partial charge on any atom is 0.222 e. The quantitative estimate of drug-likeness (QED) is 0.331. The molecular weight excluding hydrogens is 304 g/mol. The van der Waals surface area contributed by atoms with Crippen molar-refractivity contribution < 1.29 is 22.2 Å². The van der Waals surface area contributed by atoms with Gasteiger partial charge in [-0.2, -0.15) is 0 Å². The van der Waals surface area contributed by atoms with E-state index in [2.05, 4.69) is 19.4 Å². The van der Waals surface area contributed by atoms with Gasteiger partial charge in [-0.15, -0.1) is 0 Å². The van der Waals surface area contributed by atoms with Crippen LogP contribution in [0.4, 0.5) is 0 Å². The Labute approximate surface area is 135 Å². The number of nitrogens with zero attached hydrogens (tertiary/aromatic N) is 1. The van der Waals surface area contributed by atoms with Crippen LogP contribution in [-0.4, -0.2) is 62.8 Å².